The molecule has 0 radical (unpaired) electrons. The van der Waals surface area contributed by atoms with E-state index >= 15 is 0 Å². The average molecular weight is 413 g/mol. The molecule has 2 aliphatic heterocycles. The van der Waals surface area contributed by atoms with Gasteiger partial charge in [0.2, 0.25) is 0 Å². The maximum atomic E-state index is 2.31. The molecule has 0 saturated carbocycles. The van der Waals surface area contributed by atoms with E-state index in [1.165, 1.54) is 37.8 Å². The Morgan fingerprint density at radius 2 is 0.840 bits per heavy atom. The fraction of sp³-hybridized carbons (Fsp3) is 0. The van der Waals surface area contributed by atoms with Gasteiger partial charge in [-0.05, 0) is 48.6 Å². The molecule has 25 heavy (non-hydrogen) atoms. The Hall–Kier alpha value is -0.980. The van der Waals surface area contributed by atoms with Crippen LogP contribution in [0.1, 0.15) is 9.75 Å². The lowest BCUT2D eigenvalue weighted by molar-refractivity contribution is 1.27. The van der Waals surface area contributed by atoms with Crippen molar-refractivity contribution in [1.29, 1.82) is 0 Å². The van der Waals surface area contributed by atoms with E-state index in [0.717, 1.165) is 0 Å². The Labute approximate surface area is 168 Å². The van der Waals surface area contributed by atoms with Crippen molar-refractivity contribution in [3.05, 3.63) is 78.9 Å². The first-order valence-electron chi connectivity index (χ1n) is 7.76. The molecule has 0 N–H and O–H groups in total. The minimum atomic E-state index is 1.32. The Morgan fingerprint density at radius 1 is 0.480 bits per heavy atom. The monoisotopic (exact) mass is 412 g/mol. The lowest BCUT2D eigenvalue weighted by Gasteiger charge is -1.93. The molecule has 0 nitrogen and oxygen atoms in total. The standard InChI is InChI=1S/C20H12S5/c1-2-6-16-15(5-1)22-19(23-16)11-13-9-10-14(21-13)12-20-24-17-7-3-4-8-18(17)25-20/h1-12H. The van der Waals surface area contributed by atoms with Gasteiger partial charge in [-0.15, -0.1) is 11.3 Å². The predicted octanol–water partition coefficient (Wildman–Crippen LogP) is 8.14. The Balaban J connectivity index is 1.34. The van der Waals surface area contributed by atoms with Crippen molar-refractivity contribution in [2.75, 3.05) is 0 Å². The highest BCUT2D eigenvalue weighted by Crippen LogP contribution is 2.53. The van der Waals surface area contributed by atoms with Crippen LogP contribution in [0.15, 0.2) is 88.7 Å². The third-order valence-electron chi connectivity index (χ3n) is 3.71. The van der Waals surface area contributed by atoms with Gasteiger partial charge in [-0.1, -0.05) is 71.3 Å². The first-order valence-corrected chi connectivity index (χ1v) is 11.8. The summed E-state index contributed by atoms with van der Waals surface area (Å²) in [4.78, 5) is 8.12. The highest BCUT2D eigenvalue weighted by molar-refractivity contribution is 8.25. The normalized spacial score (nSPS) is 15.2. The molecule has 0 bridgehead atoms. The quantitative estimate of drug-likeness (QED) is 0.416. The topological polar surface area (TPSA) is 0 Å². The molecule has 5 heteroatoms. The summed E-state index contributed by atoms with van der Waals surface area (Å²) in [6.45, 7) is 0. The molecule has 0 unspecified atom stereocenters. The summed E-state index contributed by atoms with van der Waals surface area (Å²) in [5.41, 5.74) is 0. The molecular formula is C20H12S5. The molecule has 2 aromatic carbocycles. The minimum absolute atomic E-state index is 1.32. The van der Waals surface area contributed by atoms with Gasteiger partial charge in [0.05, 0.1) is 8.47 Å². The van der Waals surface area contributed by atoms with Crippen molar-refractivity contribution in [2.45, 2.75) is 19.6 Å². The Morgan fingerprint density at radius 3 is 1.20 bits per heavy atom. The van der Waals surface area contributed by atoms with E-state index in [-0.39, 0.29) is 0 Å². The van der Waals surface area contributed by atoms with Gasteiger partial charge in [0.15, 0.2) is 0 Å². The predicted molar refractivity (Wildman–Crippen MR) is 117 cm³/mol. The van der Waals surface area contributed by atoms with Gasteiger partial charge >= 0.3 is 0 Å². The highest BCUT2D eigenvalue weighted by Gasteiger charge is 2.18. The first-order chi connectivity index (χ1) is 12.3. The highest BCUT2D eigenvalue weighted by atomic mass is 32.2. The van der Waals surface area contributed by atoms with E-state index in [1.54, 1.807) is 0 Å². The van der Waals surface area contributed by atoms with Crippen molar-refractivity contribution in [3.8, 4) is 0 Å². The van der Waals surface area contributed by atoms with Gasteiger partial charge in [-0.2, -0.15) is 0 Å². The maximum absolute atomic E-state index is 2.31. The van der Waals surface area contributed by atoms with Gasteiger partial charge in [-0.25, -0.2) is 0 Å². The second kappa shape index (κ2) is 6.97. The van der Waals surface area contributed by atoms with Gasteiger partial charge in [0.25, 0.3) is 0 Å². The van der Waals surface area contributed by atoms with E-state index in [0.29, 0.717) is 0 Å². The summed E-state index contributed by atoms with van der Waals surface area (Å²) in [5, 5.41) is 0. The molecular weight excluding hydrogens is 401 g/mol. The SMILES string of the molecule is C(=C1Sc2ccccc2S1)c1ccc(C=C2Sc3ccccc3S2)s1. The third kappa shape index (κ3) is 3.49. The third-order valence-corrected chi connectivity index (χ3v) is 9.53. The average Bonchev–Trinajstić information content (AvgIpc) is 3.32. The van der Waals surface area contributed by atoms with Crippen molar-refractivity contribution in [1.82, 2.24) is 0 Å². The Bertz CT molecular complexity index is 878. The molecule has 3 heterocycles. The summed E-state index contributed by atoms with van der Waals surface area (Å²) < 4.78 is 2.72. The smallest absolute Gasteiger partial charge is 0.0513 e. The molecule has 0 atom stereocenters. The molecule has 122 valence electrons. The molecule has 1 aromatic heterocycles. The number of hydrogen-bond donors (Lipinski definition) is 0. The van der Waals surface area contributed by atoms with Crippen LogP contribution in [0.2, 0.25) is 0 Å². The van der Waals surface area contributed by atoms with Crippen LogP contribution in [0.25, 0.3) is 12.2 Å². The molecule has 0 fully saturated rings. The van der Waals surface area contributed by atoms with Crippen LogP contribution in [0.3, 0.4) is 0 Å². The molecule has 3 aromatic rings. The van der Waals surface area contributed by atoms with E-state index in [2.05, 4.69) is 72.8 Å². The first kappa shape index (κ1) is 16.2. The number of fused-ring (bicyclic) bond motifs is 2. The van der Waals surface area contributed by atoms with Crippen LogP contribution in [-0.4, -0.2) is 0 Å². The summed E-state index contributed by atoms with van der Waals surface area (Å²) >= 11 is 9.35. The number of thiophene rings is 1. The van der Waals surface area contributed by atoms with E-state index in [1.807, 2.05) is 58.4 Å². The minimum Gasteiger partial charge on any atom is -0.136 e. The molecule has 0 amide bonds. The van der Waals surface area contributed by atoms with Crippen molar-refractivity contribution >= 4 is 70.5 Å². The van der Waals surface area contributed by atoms with E-state index in [4.69, 9.17) is 0 Å². The van der Waals surface area contributed by atoms with Crippen molar-refractivity contribution in [3.63, 3.8) is 0 Å². The van der Waals surface area contributed by atoms with Crippen LogP contribution in [0, 0.1) is 0 Å². The zero-order valence-electron chi connectivity index (χ0n) is 13.0. The van der Waals surface area contributed by atoms with Crippen molar-refractivity contribution in [2.24, 2.45) is 0 Å². The maximum Gasteiger partial charge on any atom is 0.0513 e. The number of hydrogen-bond acceptors (Lipinski definition) is 5. The van der Waals surface area contributed by atoms with E-state index in [9.17, 15) is 0 Å². The second-order valence-electron chi connectivity index (χ2n) is 5.47. The fourth-order valence-electron chi connectivity index (χ4n) is 2.59. The van der Waals surface area contributed by atoms with Crippen LogP contribution < -0.4 is 0 Å². The molecule has 0 aliphatic carbocycles. The van der Waals surface area contributed by atoms with Crippen LogP contribution in [0.4, 0.5) is 0 Å². The molecule has 5 rings (SSSR count). The number of rotatable bonds is 2. The molecule has 0 saturated heterocycles. The summed E-state index contributed by atoms with van der Waals surface area (Å²) in [7, 11) is 0. The molecule has 0 spiro atoms. The van der Waals surface area contributed by atoms with Gasteiger partial charge in [0.1, 0.15) is 0 Å². The largest absolute Gasteiger partial charge is 0.136 e. The molecule has 2 aliphatic rings. The lowest BCUT2D eigenvalue weighted by Crippen LogP contribution is -1.65. The van der Waals surface area contributed by atoms with Crippen molar-refractivity contribution < 1.29 is 0 Å². The van der Waals surface area contributed by atoms with Gasteiger partial charge in [-0.3, -0.25) is 0 Å². The van der Waals surface area contributed by atoms with Crippen LogP contribution in [0.5, 0.6) is 0 Å². The van der Waals surface area contributed by atoms with Gasteiger partial charge in [0, 0.05) is 29.3 Å². The lowest BCUT2D eigenvalue weighted by atomic mass is 10.4. The summed E-state index contributed by atoms with van der Waals surface area (Å²) in [6, 6.07) is 21.7. The fourth-order valence-corrected chi connectivity index (χ4v) is 8.56. The zero-order chi connectivity index (χ0) is 16.6. The summed E-state index contributed by atoms with van der Waals surface area (Å²) in [5.74, 6) is 0. The van der Waals surface area contributed by atoms with E-state index < -0.39 is 0 Å². The van der Waals surface area contributed by atoms with Crippen LogP contribution >= 0.6 is 58.4 Å². The van der Waals surface area contributed by atoms with Gasteiger partial charge < -0.3 is 0 Å². The number of thioether (sulfide) groups is 4. The second-order valence-corrected chi connectivity index (χ2v) is 11.5. The summed E-state index contributed by atoms with van der Waals surface area (Å²) in [6.07, 6.45) is 4.62. The Kier molecular flexibility index (Phi) is 4.52. The number of benzene rings is 2. The van der Waals surface area contributed by atoms with Crippen LogP contribution in [-0.2, 0) is 0 Å². The zero-order valence-corrected chi connectivity index (χ0v) is 17.1.